The topological polar surface area (TPSA) is 92.7 Å². The van der Waals surface area contributed by atoms with Gasteiger partial charge in [0.25, 0.3) is 0 Å². The SMILES string of the molecule is CC(C)(COc1ccc(C=O)cc1)C(=O)NCCCC(=O)O. The van der Waals surface area contributed by atoms with Crippen molar-refractivity contribution in [2.75, 3.05) is 13.2 Å². The predicted molar refractivity (Wildman–Crippen MR) is 81.0 cm³/mol. The van der Waals surface area contributed by atoms with Gasteiger partial charge in [0.05, 0.1) is 5.41 Å². The molecule has 2 N–H and O–H groups in total. The fraction of sp³-hybridized carbons (Fsp3) is 0.438. The molecule has 120 valence electrons. The summed E-state index contributed by atoms with van der Waals surface area (Å²) in [5.41, 5.74) is -0.185. The Morgan fingerprint density at radius 2 is 1.91 bits per heavy atom. The lowest BCUT2D eigenvalue weighted by atomic mass is 9.93. The highest BCUT2D eigenvalue weighted by atomic mass is 16.5. The molecule has 1 rings (SSSR count). The molecule has 0 radical (unpaired) electrons. The number of benzene rings is 1. The minimum absolute atomic E-state index is 0.0281. The van der Waals surface area contributed by atoms with Crippen molar-refractivity contribution in [1.82, 2.24) is 5.32 Å². The predicted octanol–water partition coefficient (Wildman–Crippen LogP) is 1.89. The molecule has 0 aliphatic carbocycles. The van der Waals surface area contributed by atoms with E-state index < -0.39 is 11.4 Å². The molecule has 0 fully saturated rings. The highest BCUT2D eigenvalue weighted by Crippen LogP contribution is 2.19. The van der Waals surface area contributed by atoms with Crippen molar-refractivity contribution in [3.05, 3.63) is 29.8 Å². The van der Waals surface area contributed by atoms with Gasteiger partial charge in [-0.2, -0.15) is 0 Å². The maximum Gasteiger partial charge on any atom is 0.303 e. The van der Waals surface area contributed by atoms with Crippen molar-refractivity contribution in [3.63, 3.8) is 0 Å². The summed E-state index contributed by atoms with van der Waals surface area (Å²) in [7, 11) is 0. The maximum absolute atomic E-state index is 12.0. The Balaban J connectivity index is 2.42. The summed E-state index contributed by atoms with van der Waals surface area (Å²) in [5.74, 6) is -0.490. The number of aliphatic carboxylic acids is 1. The first-order chi connectivity index (χ1) is 10.3. The van der Waals surface area contributed by atoms with Crippen LogP contribution in [0, 0.1) is 5.41 Å². The van der Waals surface area contributed by atoms with Crippen LogP contribution in [-0.4, -0.2) is 36.4 Å². The molecule has 1 aromatic carbocycles. The number of carbonyl (C=O) groups excluding carboxylic acids is 2. The number of carbonyl (C=O) groups is 3. The van der Waals surface area contributed by atoms with Crippen LogP contribution in [0.4, 0.5) is 0 Å². The molecule has 0 aliphatic heterocycles. The van der Waals surface area contributed by atoms with Crippen molar-refractivity contribution in [3.8, 4) is 5.75 Å². The zero-order valence-electron chi connectivity index (χ0n) is 12.8. The number of carboxylic acid groups (broad SMARTS) is 1. The van der Waals surface area contributed by atoms with Crippen LogP contribution in [0.3, 0.4) is 0 Å². The van der Waals surface area contributed by atoms with E-state index in [1.807, 2.05) is 0 Å². The summed E-state index contributed by atoms with van der Waals surface area (Å²) in [6.07, 6.45) is 1.17. The van der Waals surface area contributed by atoms with Gasteiger partial charge in [-0.25, -0.2) is 0 Å². The molecule has 0 aliphatic rings. The first-order valence-electron chi connectivity index (χ1n) is 7.03. The van der Waals surface area contributed by atoms with Crippen LogP contribution in [-0.2, 0) is 9.59 Å². The number of amides is 1. The second-order valence-corrected chi connectivity index (χ2v) is 5.61. The van der Waals surface area contributed by atoms with E-state index in [0.29, 0.717) is 24.3 Å². The second-order valence-electron chi connectivity index (χ2n) is 5.61. The van der Waals surface area contributed by atoms with Crippen LogP contribution in [0.25, 0.3) is 0 Å². The second kappa shape index (κ2) is 8.17. The highest BCUT2D eigenvalue weighted by molar-refractivity contribution is 5.82. The van der Waals surface area contributed by atoms with Gasteiger partial charge in [-0.05, 0) is 44.5 Å². The minimum Gasteiger partial charge on any atom is -0.492 e. The van der Waals surface area contributed by atoms with E-state index in [4.69, 9.17) is 9.84 Å². The quantitative estimate of drug-likeness (QED) is 0.537. The van der Waals surface area contributed by atoms with Gasteiger partial charge in [0.15, 0.2) is 0 Å². The van der Waals surface area contributed by atoms with E-state index in [9.17, 15) is 14.4 Å². The number of hydrogen-bond acceptors (Lipinski definition) is 4. The fourth-order valence-corrected chi connectivity index (χ4v) is 1.65. The Hall–Kier alpha value is -2.37. The zero-order chi connectivity index (χ0) is 16.6. The molecule has 0 spiro atoms. The first-order valence-corrected chi connectivity index (χ1v) is 7.03. The lowest BCUT2D eigenvalue weighted by Gasteiger charge is -2.23. The number of aldehydes is 1. The Bertz CT molecular complexity index is 522. The fourth-order valence-electron chi connectivity index (χ4n) is 1.65. The Kier molecular flexibility index (Phi) is 6.56. The third kappa shape index (κ3) is 5.95. The average Bonchev–Trinajstić information content (AvgIpc) is 2.49. The van der Waals surface area contributed by atoms with Gasteiger partial charge in [-0.1, -0.05) is 0 Å². The molecular weight excluding hydrogens is 286 g/mol. The third-order valence-electron chi connectivity index (χ3n) is 3.08. The van der Waals surface area contributed by atoms with Gasteiger partial charge in [0, 0.05) is 18.5 Å². The Morgan fingerprint density at radius 3 is 2.45 bits per heavy atom. The number of carboxylic acids is 1. The van der Waals surface area contributed by atoms with Crippen molar-refractivity contribution in [1.29, 1.82) is 0 Å². The Morgan fingerprint density at radius 1 is 1.27 bits per heavy atom. The van der Waals surface area contributed by atoms with Gasteiger partial charge in [-0.15, -0.1) is 0 Å². The van der Waals surface area contributed by atoms with Gasteiger partial charge in [0.1, 0.15) is 18.6 Å². The molecule has 0 bridgehead atoms. The molecule has 0 unspecified atom stereocenters. The van der Waals surface area contributed by atoms with Crippen LogP contribution in [0.5, 0.6) is 5.75 Å². The van der Waals surface area contributed by atoms with Gasteiger partial charge >= 0.3 is 5.97 Å². The van der Waals surface area contributed by atoms with Crippen molar-refractivity contribution < 1.29 is 24.2 Å². The van der Waals surface area contributed by atoms with E-state index in [1.165, 1.54) is 0 Å². The van der Waals surface area contributed by atoms with Crippen LogP contribution in [0.1, 0.15) is 37.0 Å². The summed E-state index contributed by atoms with van der Waals surface area (Å²) < 4.78 is 5.57. The molecule has 0 atom stereocenters. The van der Waals surface area contributed by atoms with E-state index in [0.717, 1.165) is 6.29 Å². The monoisotopic (exact) mass is 307 g/mol. The Labute approximate surface area is 129 Å². The first kappa shape index (κ1) is 17.7. The summed E-state index contributed by atoms with van der Waals surface area (Å²) in [6, 6.07) is 6.62. The smallest absolute Gasteiger partial charge is 0.303 e. The van der Waals surface area contributed by atoms with Crippen LogP contribution in [0.15, 0.2) is 24.3 Å². The van der Waals surface area contributed by atoms with Crippen molar-refractivity contribution in [2.24, 2.45) is 5.41 Å². The molecule has 1 amide bonds. The van der Waals surface area contributed by atoms with E-state index in [2.05, 4.69) is 5.32 Å². The average molecular weight is 307 g/mol. The standard InChI is InChI=1S/C16H21NO5/c1-16(2,15(21)17-9-3-4-14(19)20)11-22-13-7-5-12(10-18)6-8-13/h5-8,10H,3-4,9,11H2,1-2H3,(H,17,21)(H,19,20). The summed E-state index contributed by atoms with van der Waals surface area (Å²) in [4.78, 5) is 33.0. The van der Waals surface area contributed by atoms with E-state index >= 15 is 0 Å². The molecule has 0 saturated heterocycles. The van der Waals surface area contributed by atoms with Crippen LogP contribution < -0.4 is 10.1 Å². The summed E-state index contributed by atoms with van der Waals surface area (Å²) in [6.45, 7) is 4.00. The highest BCUT2D eigenvalue weighted by Gasteiger charge is 2.28. The maximum atomic E-state index is 12.0. The van der Waals surface area contributed by atoms with Gasteiger partial charge < -0.3 is 15.2 Å². The minimum atomic E-state index is -0.879. The number of ether oxygens (including phenoxy) is 1. The van der Waals surface area contributed by atoms with Crippen molar-refractivity contribution in [2.45, 2.75) is 26.7 Å². The molecule has 6 heteroatoms. The molecule has 0 heterocycles. The largest absolute Gasteiger partial charge is 0.492 e. The molecule has 22 heavy (non-hydrogen) atoms. The third-order valence-corrected chi connectivity index (χ3v) is 3.08. The summed E-state index contributed by atoms with van der Waals surface area (Å²) in [5, 5.41) is 11.2. The van der Waals surface area contributed by atoms with Gasteiger partial charge in [-0.3, -0.25) is 14.4 Å². The van der Waals surface area contributed by atoms with Crippen LogP contribution >= 0.6 is 0 Å². The molecule has 1 aromatic rings. The molecular formula is C16H21NO5. The lowest BCUT2D eigenvalue weighted by Crippen LogP contribution is -2.41. The number of rotatable bonds is 9. The summed E-state index contributed by atoms with van der Waals surface area (Å²) >= 11 is 0. The number of nitrogens with one attached hydrogen (secondary N) is 1. The van der Waals surface area contributed by atoms with E-state index in [1.54, 1.807) is 38.1 Å². The molecule has 0 aromatic heterocycles. The normalized spacial score (nSPS) is 10.8. The van der Waals surface area contributed by atoms with Gasteiger partial charge in [0.2, 0.25) is 5.91 Å². The molecule has 6 nitrogen and oxygen atoms in total. The van der Waals surface area contributed by atoms with Crippen LogP contribution in [0.2, 0.25) is 0 Å². The van der Waals surface area contributed by atoms with E-state index in [-0.39, 0.29) is 18.9 Å². The number of hydrogen-bond donors (Lipinski definition) is 2. The van der Waals surface area contributed by atoms with Crippen molar-refractivity contribution >= 4 is 18.2 Å². The lowest BCUT2D eigenvalue weighted by molar-refractivity contribution is -0.137. The molecule has 0 saturated carbocycles. The zero-order valence-corrected chi connectivity index (χ0v) is 12.8.